The van der Waals surface area contributed by atoms with Crippen LogP contribution in [0.5, 0.6) is 0 Å². The minimum absolute atomic E-state index is 0.115. The first kappa shape index (κ1) is 14.4. The van der Waals surface area contributed by atoms with E-state index < -0.39 is 0 Å². The molecule has 2 heteroatoms. The predicted molar refractivity (Wildman–Crippen MR) is 101 cm³/mol. The molecule has 0 aliphatic heterocycles. The standard InChI is InChI=1S/C23H20ClN/c1-25-21-4-2-3-19-22(21)18-6-5-17(24)12-20(18)23(19)15-8-13-7-14(10-15)11-16(23)9-13/h2-6,12-16H,7-11H2. The number of hydrogen-bond donors (Lipinski definition) is 0. The number of fused-ring (bicyclic) bond motifs is 3. The molecule has 4 saturated carbocycles. The van der Waals surface area contributed by atoms with Gasteiger partial charge in [0, 0.05) is 10.4 Å². The lowest BCUT2D eigenvalue weighted by molar-refractivity contribution is -0.0399. The minimum Gasteiger partial charge on any atom is -0.238 e. The highest BCUT2D eigenvalue weighted by atomic mass is 35.5. The number of hydrogen-bond acceptors (Lipinski definition) is 0. The molecule has 0 atom stereocenters. The van der Waals surface area contributed by atoms with Gasteiger partial charge in [-0.3, -0.25) is 0 Å². The Labute approximate surface area is 153 Å². The molecule has 4 fully saturated rings. The number of rotatable bonds is 0. The molecule has 4 bridgehead atoms. The van der Waals surface area contributed by atoms with E-state index in [9.17, 15) is 0 Å². The van der Waals surface area contributed by atoms with E-state index in [1.54, 1.807) is 0 Å². The fraction of sp³-hybridized carbons (Fsp3) is 0.435. The van der Waals surface area contributed by atoms with Crippen molar-refractivity contribution in [2.75, 3.05) is 0 Å². The van der Waals surface area contributed by atoms with Crippen molar-refractivity contribution in [3.63, 3.8) is 0 Å². The zero-order chi connectivity index (χ0) is 16.8. The Morgan fingerprint density at radius 3 is 2.32 bits per heavy atom. The van der Waals surface area contributed by atoms with E-state index in [1.807, 2.05) is 12.1 Å². The molecule has 124 valence electrons. The molecule has 25 heavy (non-hydrogen) atoms. The molecule has 5 aliphatic carbocycles. The summed E-state index contributed by atoms with van der Waals surface area (Å²) in [6.45, 7) is 7.70. The van der Waals surface area contributed by atoms with Crippen molar-refractivity contribution in [2.45, 2.75) is 37.5 Å². The first-order valence-corrected chi connectivity index (χ1v) is 9.91. The Morgan fingerprint density at radius 1 is 0.920 bits per heavy atom. The summed E-state index contributed by atoms with van der Waals surface area (Å²) >= 11 is 6.48. The Hall–Kier alpha value is -1.78. The number of halogens is 1. The van der Waals surface area contributed by atoms with Crippen LogP contribution < -0.4 is 0 Å². The van der Waals surface area contributed by atoms with Crippen molar-refractivity contribution in [3.05, 3.63) is 64.0 Å². The van der Waals surface area contributed by atoms with Gasteiger partial charge < -0.3 is 0 Å². The van der Waals surface area contributed by atoms with Crippen LogP contribution in [0.25, 0.3) is 16.0 Å². The third kappa shape index (κ3) is 1.61. The average molecular weight is 346 g/mol. The summed E-state index contributed by atoms with van der Waals surface area (Å²) in [5, 5.41) is 0.837. The molecule has 7 rings (SSSR count). The van der Waals surface area contributed by atoms with Crippen molar-refractivity contribution in [2.24, 2.45) is 23.7 Å². The first-order chi connectivity index (χ1) is 12.2. The maximum atomic E-state index is 7.70. The topological polar surface area (TPSA) is 4.36 Å². The second kappa shape index (κ2) is 4.68. The van der Waals surface area contributed by atoms with Crippen LogP contribution in [0.1, 0.15) is 43.2 Å². The van der Waals surface area contributed by atoms with Crippen LogP contribution >= 0.6 is 11.6 Å². The zero-order valence-corrected chi connectivity index (χ0v) is 14.9. The fourth-order valence-corrected chi connectivity index (χ4v) is 7.46. The van der Waals surface area contributed by atoms with Crippen LogP contribution in [-0.2, 0) is 5.41 Å². The van der Waals surface area contributed by atoms with E-state index >= 15 is 0 Å². The molecule has 2 aromatic carbocycles. The van der Waals surface area contributed by atoms with Crippen LogP contribution in [0, 0.1) is 30.2 Å². The summed E-state index contributed by atoms with van der Waals surface area (Å²) in [6, 6.07) is 12.8. The van der Waals surface area contributed by atoms with Crippen molar-refractivity contribution >= 4 is 17.3 Å². The first-order valence-electron chi connectivity index (χ1n) is 9.53. The van der Waals surface area contributed by atoms with Crippen molar-refractivity contribution in [3.8, 4) is 11.1 Å². The number of benzene rings is 2. The molecular formula is C23H20ClN. The van der Waals surface area contributed by atoms with Crippen molar-refractivity contribution in [1.29, 1.82) is 0 Å². The summed E-state index contributed by atoms with van der Waals surface area (Å²) in [6.07, 6.45) is 6.91. The van der Waals surface area contributed by atoms with Gasteiger partial charge in [-0.25, -0.2) is 4.85 Å². The third-order valence-electron chi connectivity index (χ3n) is 7.73. The van der Waals surface area contributed by atoms with E-state index in [4.69, 9.17) is 18.2 Å². The van der Waals surface area contributed by atoms with E-state index in [2.05, 4.69) is 29.1 Å². The molecule has 2 aromatic rings. The van der Waals surface area contributed by atoms with Gasteiger partial charge in [0.15, 0.2) is 5.69 Å². The predicted octanol–water partition coefficient (Wildman–Crippen LogP) is 6.61. The highest BCUT2D eigenvalue weighted by molar-refractivity contribution is 6.30. The molecule has 0 N–H and O–H groups in total. The number of nitrogens with zero attached hydrogens (tertiary/aromatic N) is 1. The van der Waals surface area contributed by atoms with Crippen LogP contribution in [0.2, 0.25) is 5.02 Å². The average Bonchev–Trinajstić information content (AvgIpc) is 2.89. The summed E-state index contributed by atoms with van der Waals surface area (Å²) in [5.74, 6) is 3.32. The lowest BCUT2D eigenvalue weighted by atomic mass is 9.43. The van der Waals surface area contributed by atoms with Crippen LogP contribution in [0.4, 0.5) is 5.69 Å². The normalized spacial score (nSPS) is 36.3. The van der Waals surface area contributed by atoms with E-state index in [-0.39, 0.29) is 5.41 Å². The monoisotopic (exact) mass is 345 g/mol. The molecular weight excluding hydrogens is 326 g/mol. The van der Waals surface area contributed by atoms with Gasteiger partial charge in [-0.05, 0) is 90.2 Å². The van der Waals surface area contributed by atoms with Gasteiger partial charge in [0.25, 0.3) is 0 Å². The molecule has 0 radical (unpaired) electrons. The highest BCUT2D eigenvalue weighted by Gasteiger charge is 2.61. The summed E-state index contributed by atoms with van der Waals surface area (Å²) in [7, 11) is 0. The van der Waals surface area contributed by atoms with Crippen LogP contribution in [0.15, 0.2) is 36.4 Å². The Balaban J connectivity index is 1.72. The highest BCUT2D eigenvalue weighted by Crippen LogP contribution is 2.70. The largest absolute Gasteiger partial charge is 0.238 e. The molecule has 0 amide bonds. The molecule has 0 heterocycles. The second-order valence-electron chi connectivity index (χ2n) is 8.67. The zero-order valence-electron chi connectivity index (χ0n) is 14.1. The van der Waals surface area contributed by atoms with Gasteiger partial charge in [-0.15, -0.1) is 0 Å². The lowest BCUT2D eigenvalue weighted by Crippen LogP contribution is -2.55. The summed E-state index contributed by atoms with van der Waals surface area (Å²) in [4.78, 5) is 3.88. The fourth-order valence-electron chi connectivity index (χ4n) is 7.29. The van der Waals surface area contributed by atoms with E-state index in [0.717, 1.165) is 34.4 Å². The van der Waals surface area contributed by atoms with Gasteiger partial charge >= 0.3 is 0 Å². The molecule has 0 saturated heterocycles. The Morgan fingerprint density at radius 2 is 1.64 bits per heavy atom. The SMILES string of the molecule is [C-]#[N+]c1cccc2c1-c1ccc(Cl)cc1C21C2CC3CC(C2)CC1C3. The second-order valence-corrected chi connectivity index (χ2v) is 9.11. The molecule has 1 spiro atoms. The summed E-state index contributed by atoms with van der Waals surface area (Å²) < 4.78 is 0. The van der Waals surface area contributed by atoms with Crippen molar-refractivity contribution in [1.82, 2.24) is 0 Å². The molecule has 5 aliphatic rings. The van der Waals surface area contributed by atoms with Gasteiger partial charge in [0.05, 0.1) is 6.57 Å². The van der Waals surface area contributed by atoms with Crippen LogP contribution in [-0.4, -0.2) is 0 Å². The smallest absolute Gasteiger partial charge is 0.195 e. The van der Waals surface area contributed by atoms with Gasteiger partial charge in [-0.2, -0.15) is 0 Å². The maximum Gasteiger partial charge on any atom is 0.195 e. The van der Waals surface area contributed by atoms with Gasteiger partial charge in [0.1, 0.15) is 0 Å². The third-order valence-corrected chi connectivity index (χ3v) is 7.97. The minimum atomic E-state index is 0.115. The maximum absolute atomic E-state index is 7.70. The van der Waals surface area contributed by atoms with Gasteiger partial charge in [0.2, 0.25) is 0 Å². The van der Waals surface area contributed by atoms with Crippen molar-refractivity contribution < 1.29 is 0 Å². The van der Waals surface area contributed by atoms with Gasteiger partial charge in [-0.1, -0.05) is 35.9 Å². The van der Waals surface area contributed by atoms with E-state index in [0.29, 0.717) is 0 Å². The lowest BCUT2D eigenvalue weighted by Gasteiger charge is -2.61. The molecule has 1 nitrogen and oxygen atoms in total. The van der Waals surface area contributed by atoms with E-state index in [1.165, 1.54) is 54.4 Å². The quantitative estimate of drug-likeness (QED) is 0.473. The Kier molecular flexibility index (Phi) is 2.70. The Bertz CT molecular complexity index is 923. The molecule has 0 aromatic heterocycles. The van der Waals surface area contributed by atoms with Crippen LogP contribution in [0.3, 0.4) is 0 Å². The summed E-state index contributed by atoms with van der Waals surface area (Å²) in [5.41, 5.74) is 6.28. The molecule has 0 unspecified atom stereocenters.